The molecule has 0 bridgehead atoms. The predicted molar refractivity (Wildman–Crippen MR) is 118 cm³/mol. The number of nitrogens with one attached hydrogen (secondary N) is 1. The number of para-hydroxylation sites is 1. The second-order valence-electron chi connectivity index (χ2n) is 7.98. The SMILES string of the molecule is CO[C@@H](C(=O)N(CC[NH+]1CCCC1)Cc1cn(-c2ccccc2)nn1)c1ccccc1. The minimum absolute atomic E-state index is 0.0402. The molecule has 0 aliphatic carbocycles. The second-order valence-corrected chi connectivity index (χ2v) is 7.98. The first-order valence-corrected chi connectivity index (χ1v) is 10.9. The molecule has 2 aromatic carbocycles. The summed E-state index contributed by atoms with van der Waals surface area (Å²) in [6.07, 6.45) is 3.79. The number of nitrogens with zero attached hydrogens (tertiary/aromatic N) is 4. The lowest BCUT2D eigenvalue weighted by Gasteiger charge is -2.27. The summed E-state index contributed by atoms with van der Waals surface area (Å²) in [5, 5.41) is 8.58. The molecule has 7 heteroatoms. The van der Waals surface area contributed by atoms with Crippen molar-refractivity contribution in [3.05, 3.63) is 78.1 Å². The van der Waals surface area contributed by atoms with Gasteiger partial charge in [0.15, 0.2) is 6.10 Å². The molecule has 1 aliphatic heterocycles. The molecule has 0 saturated carbocycles. The number of ether oxygens (including phenoxy) is 1. The second kappa shape index (κ2) is 10.3. The molecule has 1 amide bonds. The summed E-state index contributed by atoms with van der Waals surface area (Å²) in [5.74, 6) is -0.0402. The maximum Gasteiger partial charge on any atom is 0.256 e. The summed E-state index contributed by atoms with van der Waals surface area (Å²) in [4.78, 5) is 16.9. The van der Waals surface area contributed by atoms with E-state index in [-0.39, 0.29) is 5.91 Å². The average Bonchev–Trinajstić information content (AvgIpc) is 3.51. The Kier molecular flexibility index (Phi) is 7.07. The smallest absolute Gasteiger partial charge is 0.256 e. The van der Waals surface area contributed by atoms with Gasteiger partial charge in [-0.25, -0.2) is 4.68 Å². The Morgan fingerprint density at radius 1 is 1.10 bits per heavy atom. The number of amides is 1. The number of aromatic nitrogens is 3. The number of carbonyl (C=O) groups excluding carboxylic acids is 1. The number of methoxy groups -OCH3 is 1. The fourth-order valence-electron chi connectivity index (χ4n) is 4.13. The molecular weight excluding hydrogens is 390 g/mol. The molecule has 1 saturated heterocycles. The molecule has 31 heavy (non-hydrogen) atoms. The summed E-state index contributed by atoms with van der Waals surface area (Å²) in [6.45, 7) is 4.37. The monoisotopic (exact) mass is 420 g/mol. The topological polar surface area (TPSA) is 64.7 Å². The van der Waals surface area contributed by atoms with E-state index in [9.17, 15) is 4.79 Å². The Labute approximate surface area is 183 Å². The molecule has 162 valence electrons. The summed E-state index contributed by atoms with van der Waals surface area (Å²) >= 11 is 0. The number of rotatable bonds is 9. The predicted octanol–water partition coefficient (Wildman–Crippen LogP) is 1.66. The highest BCUT2D eigenvalue weighted by Gasteiger charge is 2.28. The Balaban J connectivity index is 1.52. The van der Waals surface area contributed by atoms with Gasteiger partial charge in [-0.05, 0) is 17.7 Å². The van der Waals surface area contributed by atoms with Crippen LogP contribution >= 0.6 is 0 Å². The van der Waals surface area contributed by atoms with Crippen LogP contribution in [0.1, 0.15) is 30.2 Å². The fraction of sp³-hybridized carbons (Fsp3) is 0.375. The van der Waals surface area contributed by atoms with Crippen LogP contribution in [0.4, 0.5) is 0 Å². The third-order valence-corrected chi connectivity index (χ3v) is 5.83. The number of hydrogen-bond donors (Lipinski definition) is 1. The van der Waals surface area contributed by atoms with Crippen LogP contribution in [0.2, 0.25) is 0 Å². The van der Waals surface area contributed by atoms with Gasteiger partial charge in [0.25, 0.3) is 5.91 Å². The number of likely N-dealkylation sites (tertiary alicyclic amines) is 1. The zero-order valence-corrected chi connectivity index (χ0v) is 18.0. The van der Waals surface area contributed by atoms with E-state index >= 15 is 0 Å². The van der Waals surface area contributed by atoms with E-state index in [0.717, 1.165) is 23.5 Å². The zero-order chi connectivity index (χ0) is 21.5. The average molecular weight is 421 g/mol. The lowest BCUT2D eigenvalue weighted by atomic mass is 10.1. The highest BCUT2D eigenvalue weighted by molar-refractivity contribution is 5.82. The van der Waals surface area contributed by atoms with E-state index < -0.39 is 6.10 Å². The molecule has 0 spiro atoms. The van der Waals surface area contributed by atoms with Crippen LogP contribution in [0.5, 0.6) is 0 Å². The number of carbonyl (C=O) groups is 1. The number of benzene rings is 2. The van der Waals surface area contributed by atoms with Crippen molar-refractivity contribution in [1.82, 2.24) is 19.9 Å². The summed E-state index contributed by atoms with van der Waals surface area (Å²) < 4.78 is 7.37. The minimum Gasteiger partial charge on any atom is -0.367 e. The van der Waals surface area contributed by atoms with Gasteiger partial charge in [0.05, 0.1) is 44.6 Å². The first-order chi connectivity index (χ1) is 15.2. The quantitative estimate of drug-likeness (QED) is 0.572. The van der Waals surface area contributed by atoms with Crippen molar-refractivity contribution < 1.29 is 14.4 Å². The summed E-state index contributed by atoms with van der Waals surface area (Å²) in [6, 6.07) is 19.5. The molecule has 1 atom stereocenters. The third-order valence-electron chi connectivity index (χ3n) is 5.83. The van der Waals surface area contributed by atoms with Crippen LogP contribution in [-0.4, -0.2) is 59.1 Å². The van der Waals surface area contributed by atoms with Gasteiger partial charge in [0, 0.05) is 20.0 Å². The summed E-state index contributed by atoms with van der Waals surface area (Å²) in [5.41, 5.74) is 2.57. The summed E-state index contributed by atoms with van der Waals surface area (Å²) in [7, 11) is 1.59. The molecule has 1 aromatic heterocycles. The van der Waals surface area contributed by atoms with Crippen molar-refractivity contribution in [3.63, 3.8) is 0 Å². The van der Waals surface area contributed by atoms with Crippen LogP contribution < -0.4 is 4.90 Å². The standard InChI is InChI=1S/C24H29N5O2/c1-31-23(20-10-4-2-5-11-20)24(30)28(17-16-27-14-8-9-15-27)18-21-19-29(26-25-21)22-12-6-3-7-13-22/h2-7,10-13,19,23H,8-9,14-18H2,1H3/p+1/t23-/m1/s1. The first-order valence-electron chi connectivity index (χ1n) is 10.9. The van der Waals surface area contributed by atoms with Gasteiger partial charge in [-0.3, -0.25) is 4.79 Å². The Morgan fingerprint density at radius 2 is 1.77 bits per heavy atom. The Hall–Kier alpha value is -3.03. The van der Waals surface area contributed by atoms with Crippen molar-refractivity contribution in [3.8, 4) is 5.69 Å². The molecule has 0 radical (unpaired) electrons. The number of quaternary nitrogens is 1. The Morgan fingerprint density at radius 3 is 2.45 bits per heavy atom. The van der Waals surface area contributed by atoms with Crippen molar-refractivity contribution in [1.29, 1.82) is 0 Å². The van der Waals surface area contributed by atoms with Gasteiger partial charge >= 0.3 is 0 Å². The van der Waals surface area contributed by atoms with E-state index in [2.05, 4.69) is 10.3 Å². The van der Waals surface area contributed by atoms with E-state index in [1.807, 2.05) is 71.8 Å². The Bertz CT molecular complexity index is 954. The largest absolute Gasteiger partial charge is 0.367 e. The van der Waals surface area contributed by atoms with Gasteiger partial charge in [0.2, 0.25) is 0 Å². The van der Waals surface area contributed by atoms with E-state index in [4.69, 9.17) is 4.74 Å². The van der Waals surface area contributed by atoms with Crippen molar-refractivity contribution in [2.24, 2.45) is 0 Å². The molecule has 1 N–H and O–H groups in total. The van der Waals surface area contributed by atoms with Crippen LogP contribution in [-0.2, 0) is 16.1 Å². The fourth-order valence-corrected chi connectivity index (χ4v) is 4.13. The lowest BCUT2D eigenvalue weighted by Crippen LogP contribution is -3.10. The van der Waals surface area contributed by atoms with E-state index in [0.29, 0.717) is 13.1 Å². The highest BCUT2D eigenvalue weighted by atomic mass is 16.5. The first kappa shape index (κ1) is 21.2. The molecule has 7 nitrogen and oxygen atoms in total. The highest BCUT2D eigenvalue weighted by Crippen LogP contribution is 2.20. The molecule has 1 aliphatic rings. The molecule has 3 aromatic rings. The van der Waals surface area contributed by atoms with E-state index in [1.165, 1.54) is 25.9 Å². The van der Waals surface area contributed by atoms with Gasteiger partial charge in [-0.2, -0.15) is 0 Å². The molecule has 1 fully saturated rings. The lowest BCUT2D eigenvalue weighted by molar-refractivity contribution is -0.886. The molecule has 0 unspecified atom stereocenters. The van der Waals surface area contributed by atoms with Crippen molar-refractivity contribution in [2.45, 2.75) is 25.5 Å². The maximum absolute atomic E-state index is 13.5. The third kappa shape index (κ3) is 5.37. The molecular formula is C24H30N5O2+. The van der Waals surface area contributed by atoms with Gasteiger partial charge in [0.1, 0.15) is 5.69 Å². The van der Waals surface area contributed by atoms with Crippen LogP contribution in [0, 0.1) is 0 Å². The normalized spacial score (nSPS) is 15.1. The van der Waals surface area contributed by atoms with Crippen molar-refractivity contribution >= 4 is 5.91 Å². The minimum atomic E-state index is -0.626. The van der Waals surface area contributed by atoms with Gasteiger partial charge < -0.3 is 14.5 Å². The zero-order valence-electron chi connectivity index (χ0n) is 18.0. The number of hydrogen-bond acceptors (Lipinski definition) is 4. The van der Waals surface area contributed by atoms with Crippen molar-refractivity contribution in [2.75, 3.05) is 33.3 Å². The van der Waals surface area contributed by atoms with Crippen LogP contribution in [0.25, 0.3) is 5.69 Å². The van der Waals surface area contributed by atoms with Crippen LogP contribution in [0.3, 0.4) is 0 Å². The maximum atomic E-state index is 13.5. The van der Waals surface area contributed by atoms with E-state index in [1.54, 1.807) is 16.7 Å². The molecule has 4 rings (SSSR count). The van der Waals surface area contributed by atoms with Gasteiger partial charge in [-0.15, -0.1) is 5.10 Å². The molecule has 2 heterocycles. The van der Waals surface area contributed by atoms with Crippen LogP contribution in [0.15, 0.2) is 66.9 Å². The van der Waals surface area contributed by atoms with Gasteiger partial charge in [-0.1, -0.05) is 53.7 Å².